The van der Waals surface area contributed by atoms with Gasteiger partial charge in [0.2, 0.25) is 5.91 Å². The Labute approximate surface area is 124 Å². The van der Waals surface area contributed by atoms with E-state index in [0.717, 1.165) is 35.6 Å². The fourth-order valence-corrected chi connectivity index (χ4v) is 3.31. The number of aryl methyl sites for hydroxylation is 1. The van der Waals surface area contributed by atoms with E-state index in [1.807, 2.05) is 24.9 Å². The van der Waals surface area contributed by atoms with Gasteiger partial charge in [-0.15, -0.1) is 11.3 Å². The highest BCUT2D eigenvalue weighted by Gasteiger charge is 2.25. The molecule has 1 fully saturated rings. The summed E-state index contributed by atoms with van der Waals surface area (Å²) in [6.45, 7) is 2.23. The van der Waals surface area contributed by atoms with Gasteiger partial charge in [0.25, 0.3) is 0 Å². The summed E-state index contributed by atoms with van der Waals surface area (Å²) in [7, 11) is 1.87. The molecule has 1 aromatic heterocycles. The van der Waals surface area contributed by atoms with Crippen LogP contribution in [0.1, 0.15) is 35.6 Å². The molecule has 0 bridgehead atoms. The van der Waals surface area contributed by atoms with Gasteiger partial charge in [-0.2, -0.15) is 0 Å². The number of aromatic nitrogens is 1. The molecule has 0 aliphatic heterocycles. The topological polar surface area (TPSA) is 53.4 Å². The molecule has 5 heteroatoms. The first-order chi connectivity index (χ1) is 9.60. The SMILES string of the molecule is Cc1ncc(/C=C/C(=O)N(C)C2CCC(CO)CC2)s1. The molecular weight excluding hydrogens is 272 g/mol. The van der Waals surface area contributed by atoms with E-state index < -0.39 is 0 Å². The van der Waals surface area contributed by atoms with Gasteiger partial charge in [0.15, 0.2) is 0 Å². The monoisotopic (exact) mass is 294 g/mol. The molecule has 0 aromatic carbocycles. The number of aliphatic hydroxyl groups is 1. The summed E-state index contributed by atoms with van der Waals surface area (Å²) < 4.78 is 0. The number of rotatable bonds is 4. The van der Waals surface area contributed by atoms with Crippen molar-refractivity contribution in [1.29, 1.82) is 0 Å². The van der Waals surface area contributed by atoms with Crippen LogP contribution in [0.5, 0.6) is 0 Å². The van der Waals surface area contributed by atoms with Gasteiger partial charge in [0.05, 0.1) is 5.01 Å². The second kappa shape index (κ2) is 6.99. The Hall–Kier alpha value is -1.20. The predicted molar refractivity (Wildman–Crippen MR) is 81.5 cm³/mol. The maximum Gasteiger partial charge on any atom is 0.246 e. The number of nitrogens with zero attached hydrogens (tertiary/aromatic N) is 2. The summed E-state index contributed by atoms with van der Waals surface area (Å²) in [6.07, 6.45) is 9.25. The minimum absolute atomic E-state index is 0.0449. The Balaban J connectivity index is 1.87. The molecule has 0 saturated heterocycles. The molecule has 1 N–H and O–H groups in total. The lowest BCUT2D eigenvalue weighted by molar-refractivity contribution is -0.127. The predicted octanol–water partition coefficient (Wildman–Crippen LogP) is 2.47. The number of thiazole rings is 1. The fourth-order valence-electron chi connectivity index (χ4n) is 2.62. The zero-order valence-electron chi connectivity index (χ0n) is 12.1. The molecule has 1 aromatic rings. The number of carbonyl (C=O) groups is 1. The van der Waals surface area contributed by atoms with Crippen molar-refractivity contribution >= 4 is 23.3 Å². The minimum Gasteiger partial charge on any atom is -0.396 e. The van der Waals surface area contributed by atoms with E-state index in [4.69, 9.17) is 5.11 Å². The third-order valence-electron chi connectivity index (χ3n) is 4.00. The van der Waals surface area contributed by atoms with Crippen molar-refractivity contribution < 1.29 is 9.90 Å². The van der Waals surface area contributed by atoms with Crippen LogP contribution in [0.3, 0.4) is 0 Å². The van der Waals surface area contributed by atoms with Crippen LogP contribution in [-0.2, 0) is 4.79 Å². The largest absolute Gasteiger partial charge is 0.396 e. The molecule has 20 heavy (non-hydrogen) atoms. The standard InChI is InChI=1S/C15H22N2O2S/c1-11-16-9-14(20-11)7-8-15(19)17(2)13-5-3-12(10-18)4-6-13/h7-9,12-13,18H,3-6,10H2,1-2H3/b8-7+. The van der Waals surface area contributed by atoms with E-state index in [9.17, 15) is 4.79 Å². The number of likely N-dealkylation sites (N-methyl/N-ethyl adjacent to an activating group) is 1. The molecule has 2 rings (SSSR count). The van der Waals surface area contributed by atoms with Gasteiger partial charge in [-0.25, -0.2) is 4.98 Å². The molecule has 1 heterocycles. The van der Waals surface area contributed by atoms with Crippen molar-refractivity contribution in [3.8, 4) is 0 Å². The normalized spacial score (nSPS) is 23.1. The zero-order valence-corrected chi connectivity index (χ0v) is 12.9. The Kier molecular flexibility index (Phi) is 5.31. The molecule has 0 radical (unpaired) electrons. The van der Waals surface area contributed by atoms with Gasteiger partial charge in [-0.05, 0) is 44.6 Å². The second-order valence-corrected chi connectivity index (χ2v) is 6.69. The van der Waals surface area contributed by atoms with Crippen LogP contribution in [0.4, 0.5) is 0 Å². The zero-order chi connectivity index (χ0) is 14.5. The Morgan fingerprint density at radius 2 is 2.20 bits per heavy atom. The van der Waals surface area contributed by atoms with Crippen LogP contribution in [0.2, 0.25) is 0 Å². The fraction of sp³-hybridized carbons (Fsp3) is 0.600. The van der Waals surface area contributed by atoms with E-state index in [2.05, 4.69) is 4.98 Å². The molecule has 1 saturated carbocycles. The summed E-state index contributed by atoms with van der Waals surface area (Å²) in [5.74, 6) is 0.467. The van der Waals surface area contributed by atoms with Crippen molar-refractivity contribution in [2.24, 2.45) is 5.92 Å². The molecule has 0 unspecified atom stereocenters. The van der Waals surface area contributed by atoms with Gasteiger partial charge >= 0.3 is 0 Å². The van der Waals surface area contributed by atoms with Crippen molar-refractivity contribution in [2.75, 3.05) is 13.7 Å². The second-order valence-electron chi connectivity index (χ2n) is 5.42. The van der Waals surface area contributed by atoms with Gasteiger partial charge in [-0.3, -0.25) is 4.79 Å². The average molecular weight is 294 g/mol. The van der Waals surface area contributed by atoms with Crippen molar-refractivity contribution in [3.63, 3.8) is 0 Å². The summed E-state index contributed by atoms with van der Waals surface area (Å²) >= 11 is 1.58. The minimum atomic E-state index is 0.0449. The lowest BCUT2D eigenvalue weighted by Gasteiger charge is -2.33. The van der Waals surface area contributed by atoms with Crippen LogP contribution in [-0.4, -0.2) is 40.6 Å². The highest BCUT2D eigenvalue weighted by Crippen LogP contribution is 2.26. The highest BCUT2D eigenvalue weighted by atomic mass is 32.1. The first-order valence-corrected chi connectivity index (χ1v) is 7.90. The van der Waals surface area contributed by atoms with Gasteiger partial charge < -0.3 is 10.0 Å². The van der Waals surface area contributed by atoms with Crippen molar-refractivity contribution in [3.05, 3.63) is 22.2 Å². The third-order valence-corrected chi connectivity index (χ3v) is 4.88. The van der Waals surface area contributed by atoms with Gasteiger partial charge in [0.1, 0.15) is 0 Å². The van der Waals surface area contributed by atoms with Crippen LogP contribution >= 0.6 is 11.3 Å². The van der Waals surface area contributed by atoms with Crippen LogP contribution in [0.15, 0.2) is 12.3 Å². The Morgan fingerprint density at radius 3 is 2.75 bits per heavy atom. The number of amides is 1. The molecule has 110 valence electrons. The van der Waals surface area contributed by atoms with E-state index in [1.54, 1.807) is 23.6 Å². The molecule has 0 spiro atoms. The summed E-state index contributed by atoms with van der Waals surface area (Å²) in [5.41, 5.74) is 0. The highest BCUT2D eigenvalue weighted by molar-refractivity contribution is 7.12. The third kappa shape index (κ3) is 3.90. The van der Waals surface area contributed by atoms with E-state index in [0.29, 0.717) is 12.0 Å². The molecule has 1 amide bonds. The number of aliphatic hydroxyl groups excluding tert-OH is 1. The van der Waals surface area contributed by atoms with E-state index >= 15 is 0 Å². The Bertz CT molecular complexity index is 476. The molecule has 1 aliphatic carbocycles. The van der Waals surface area contributed by atoms with Crippen molar-refractivity contribution in [1.82, 2.24) is 9.88 Å². The van der Waals surface area contributed by atoms with Gasteiger partial charge in [0, 0.05) is 36.8 Å². The lowest BCUT2D eigenvalue weighted by atomic mass is 9.86. The maximum atomic E-state index is 12.1. The van der Waals surface area contributed by atoms with E-state index in [1.165, 1.54) is 0 Å². The smallest absolute Gasteiger partial charge is 0.246 e. The number of hydrogen-bond donors (Lipinski definition) is 1. The molecule has 4 nitrogen and oxygen atoms in total. The first kappa shape index (κ1) is 15.2. The van der Waals surface area contributed by atoms with Crippen molar-refractivity contribution in [2.45, 2.75) is 38.6 Å². The number of hydrogen-bond acceptors (Lipinski definition) is 4. The summed E-state index contributed by atoms with van der Waals surface area (Å²) in [5, 5.41) is 10.1. The number of carbonyl (C=O) groups excluding carboxylic acids is 1. The summed E-state index contributed by atoms with van der Waals surface area (Å²) in [6, 6.07) is 0.304. The molecule has 0 atom stereocenters. The average Bonchev–Trinajstić information content (AvgIpc) is 2.89. The Morgan fingerprint density at radius 1 is 1.50 bits per heavy atom. The summed E-state index contributed by atoms with van der Waals surface area (Å²) in [4.78, 5) is 19.2. The lowest BCUT2D eigenvalue weighted by Crippen LogP contribution is -2.39. The van der Waals surface area contributed by atoms with Crippen LogP contribution < -0.4 is 0 Å². The molecule has 1 aliphatic rings. The molecular formula is C15H22N2O2S. The quantitative estimate of drug-likeness (QED) is 0.868. The van der Waals surface area contributed by atoms with Crippen LogP contribution in [0.25, 0.3) is 6.08 Å². The van der Waals surface area contributed by atoms with Gasteiger partial charge in [-0.1, -0.05) is 0 Å². The van der Waals surface area contributed by atoms with Crippen LogP contribution in [0, 0.1) is 12.8 Å². The maximum absolute atomic E-state index is 12.1. The first-order valence-electron chi connectivity index (χ1n) is 7.08. The van der Waals surface area contributed by atoms with E-state index in [-0.39, 0.29) is 12.5 Å².